The lowest BCUT2D eigenvalue weighted by atomic mass is 10.1. The van der Waals surface area contributed by atoms with E-state index in [1.165, 1.54) is 29.8 Å². The second kappa shape index (κ2) is 9.47. The van der Waals surface area contributed by atoms with E-state index < -0.39 is 10.8 Å². The van der Waals surface area contributed by atoms with Crippen LogP contribution in [0.5, 0.6) is 0 Å². The zero-order valence-electron chi connectivity index (χ0n) is 14.3. The number of hydrazine groups is 1. The summed E-state index contributed by atoms with van der Waals surface area (Å²) in [6.07, 6.45) is 3.34. The molecule has 136 valence electrons. The highest BCUT2D eigenvalue weighted by Gasteiger charge is 2.11. The molecule has 0 fully saturated rings. The van der Waals surface area contributed by atoms with Crippen molar-refractivity contribution in [1.29, 1.82) is 0 Å². The summed E-state index contributed by atoms with van der Waals surface area (Å²) in [4.78, 5) is 22.2. The molecule has 0 saturated heterocycles. The molecule has 2 aromatic carbocycles. The lowest BCUT2D eigenvalue weighted by molar-refractivity contribution is -0.384. The lowest BCUT2D eigenvalue weighted by Crippen LogP contribution is -2.43. The normalized spacial score (nSPS) is 10.0. The lowest BCUT2D eigenvalue weighted by Gasteiger charge is -2.12. The molecule has 0 atom stereocenters. The van der Waals surface area contributed by atoms with E-state index in [0.29, 0.717) is 0 Å². The van der Waals surface area contributed by atoms with Crippen LogP contribution in [0.3, 0.4) is 0 Å². The third-order valence-electron chi connectivity index (χ3n) is 3.64. The van der Waals surface area contributed by atoms with Crippen LogP contribution in [0.4, 0.5) is 11.4 Å². The van der Waals surface area contributed by atoms with Crippen LogP contribution in [-0.2, 0) is 6.42 Å². The number of thiocarbonyl (C=S) groups is 1. The van der Waals surface area contributed by atoms with Crippen LogP contribution in [0.1, 0.15) is 35.7 Å². The van der Waals surface area contributed by atoms with Crippen LogP contribution in [-0.4, -0.2) is 15.9 Å². The summed E-state index contributed by atoms with van der Waals surface area (Å²) < 4.78 is 0. The van der Waals surface area contributed by atoms with Gasteiger partial charge < -0.3 is 5.32 Å². The molecule has 0 radical (unpaired) electrons. The molecule has 8 heteroatoms. The molecule has 0 bridgehead atoms. The van der Waals surface area contributed by atoms with Crippen molar-refractivity contribution >= 4 is 34.6 Å². The van der Waals surface area contributed by atoms with Gasteiger partial charge in [0.15, 0.2) is 5.11 Å². The molecule has 0 aliphatic rings. The van der Waals surface area contributed by atoms with Gasteiger partial charge in [0.1, 0.15) is 0 Å². The number of aryl methyl sites for hydroxylation is 1. The Morgan fingerprint density at radius 2 is 1.88 bits per heavy atom. The van der Waals surface area contributed by atoms with Crippen molar-refractivity contribution in [2.45, 2.75) is 26.2 Å². The quantitative estimate of drug-likeness (QED) is 0.407. The third-order valence-corrected chi connectivity index (χ3v) is 3.84. The number of non-ortho nitro benzene ring substituents is 1. The fourth-order valence-corrected chi connectivity index (χ4v) is 2.41. The van der Waals surface area contributed by atoms with Crippen LogP contribution in [0.2, 0.25) is 0 Å². The smallest absolute Gasteiger partial charge is 0.270 e. The van der Waals surface area contributed by atoms with Crippen molar-refractivity contribution in [3.63, 3.8) is 0 Å². The van der Waals surface area contributed by atoms with E-state index in [-0.39, 0.29) is 16.4 Å². The second-order valence-electron chi connectivity index (χ2n) is 5.64. The van der Waals surface area contributed by atoms with E-state index in [2.05, 4.69) is 23.1 Å². The Hall–Kier alpha value is -3.00. The highest BCUT2D eigenvalue weighted by molar-refractivity contribution is 7.80. The average Bonchev–Trinajstić information content (AvgIpc) is 2.65. The van der Waals surface area contributed by atoms with Crippen molar-refractivity contribution in [2.24, 2.45) is 0 Å². The van der Waals surface area contributed by atoms with Gasteiger partial charge in [-0.25, -0.2) is 0 Å². The minimum Gasteiger partial charge on any atom is -0.331 e. The highest BCUT2D eigenvalue weighted by atomic mass is 32.1. The van der Waals surface area contributed by atoms with Crippen molar-refractivity contribution in [2.75, 3.05) is 5.32 Å². The molecule has 26 heavy (non-hydrogen) atoms. The molecule has 3 N–H and O–H groups in total. The summed E-state index contributed by atoms with van der Waals surface area (Å²) in [6, 6.07) is 13.3. The highest BCUT2D eigenvalue weighted by Crippen LogP contribution is 2.13. The predicted molar refractivity (Wildman–Crippen MR) is 105 cm³/mol. The first-order valence-electron chi connectivity index (χ1n) is 8.20. The molecular weight excluding hydrogens is 352 g/mol. The monoisotopic (exact) mass is 372 g/mol. The molecule has 0 aliphatic heterocycles. The van der Waals surface area contributed by atoms with E-state index in [1.54, 1.807) is 0 Å². The first-order chi connectivity index (χ1) is 12.5. The van der Waals surface area contributed by atoms with E-state index in [0.717, 1.165) is 24.9 Å². The van der Waals surface area contributed by atoms with Gasteiger partial charge in [0.25, 0.3) is 11.6 Å². The molecule has 1 amide bonds. The molecule has 0 heterocycles. The molecular formula is C18H20N4O3S. The van der Waals surface area contributed by atoms with Gasteiger partial charge in [-0.15, -0.1) is 0 Å². The van der Waals surface area contributed by atoms with Crippen LogP contribution in [0.25, 0.3) is 0 Å². The fraction of sp³-hybridized carbons (Fsp3) is 0.222. The number of unbranched alkanes of at least 4 members (excludes halogenated alkanes) is 1. The Kier molecular flexibility index (Phi) is 7.04. The summed E-state index contributed by atoms with van der Waals surface area (Å²) in [6.45, 7) is 2.15. The number of anilines is 1. The topological polar surface area (TPSA) is 96.3 Å². The third kappa shape index (κ3) is 5.82. The predicted octanol–water partition coefficient (Wildman–Crippen LogP) is 3.57. The van der Waals surface area contributed by atoms with Crippen LogP contribution >= 0.6 is 12.2 Å². The minimum atomic E-state index is -0.555. The first-order valence-corrected chi connectivity index (χ1v) is 8.61. The van der Waals surface area contributed by atoms with Gasteiger partial charge in [-0.1, -0.05) is 31.5 Å². The summed E-state index contributed by atoms with van der Waals surface area (Å²) in [5, 5.41) is 13.9. The summed E-state index contributed by atoms with van der Waals surface area (Å²) in [5.74, 6) is -0.521. The van der Waals surface area contributed by atoms with Crippen LogP contribution in [0.15, 0.2) is 48.5 Å². The Bertz CT molecular complexity index is 793. The van der Waals surface area contributed by atoms with Gasteiger partial charge in [0, 0.05) is 23.4 Å². The summed E-state index contributed by atoms with van der Waals surface area (Å²) in [5.41, 5.74) is 7.06. The van der Waals surface area contributed by atoms with Gasteiger partial charge in [-0.2, -0.15) is 0 Å². The number of benzene rings is 2. The van der Waals surface area contributed by atoms with Crippen molar-refractivity contribution in [3.8, 4) is 0 Å². The Morgan fingerprint density at radius 1 is 1.15 bits per heavy atom. The molecule has 0 aliphatic carbocycles. The largest absolute Gasteiger partial charge is 0.331 e. The standard InChI is InChI=1S/C18H20N4O3S/c1-2-3-5-13-8-10-15(11-9-13)19-18(26)21-20-17(23)14-6-4-7-16(12-14)22(24)25/h4,6-12H,2-3,5H2,1H3,(H,20,23)(H2,19,21,26). The van der Waals surface area contributed by atoms with Gasteiger partial charge in [-0.05, 0) is 48.8 Å². The maximum atomic E-state index is 12.0. The van der Waals surface area contributed by atoms with Gasteiger partial charge >= 0.3 is 0 Å². The van der Waals surface area contributed by atoms with Crippen molar-refractivity contribution in [3.05, 3.63) is 69.8 Å². The SMILES string of the molecule is CCCCc1ccc(NC(=S)NNC(=O)c2cccc([N+](=O)[O-])c2)cc1. The molecule has 0 saturated carbocycles. The Morgan fingerprint density at radius 3 is 2.54 bits per heavy atom. The molecule has 7 nitrogen and oxygen atoms in total. The number of amides is 1. The fourth-order valence-electron chi connectivity index (χ4n) is 2.24. The average molecular weight is 372 g/mol. The number of carbonyl (C=O) groups is 1. The first kappa shape index (κ1) is 19.3. The molecule has 0 aromatic heterocycles. The maximum absolute atomic E-state index is 12.0. The van der Waals surface area contributed by atoms with Gasteiger partial charge in [0.2, 0.25) is 0 Å². The zero-order chi connectivity index (χ0) is 18.9. The number of carbonyl (C=O) groups excluding carboxylic acids is 1. The molecule has 0 spiro atoms. The minimum absolute atomic E-state index is 0.151. The second-order valence-corrected chi connectivity index (χ2v) is 6.05. The number of nitrogens with one attached hydrogen (secondary N) is 3. The van der Waals surface area contributed by atoms with E-state index in [1.807, 2.05) is 24.3 Å². The Balaban J connectivity index is 1.85. The zero-order valence-corrected chi connectivity index (χ0v) is 15.1. The number of nitro benzene ring substituents is 1. The molecule has 2 rings (SSSR count). The number of nitrogens with zero attached hydrogens (tertiary/aromatic N) is 1. The summed E-state index contributed by atoms with van der Waals surface area (Å²) in [7, 11) is 0. The molecule has 2 aromatic rings. The number of nitro groups is 1. The number of rotatable bonds is 6. The van der Waals surface area contributed by atoms with Crippen LogP contribution in [0, 0.1) is 10.1 Å². The number of hydrogen-bond donors (Lipinski definition) is 3. The number of hydrogen-bond acceptors (Lipinski definition) is 4. The van der Waals surface area contributed by atoms with E-state index in [4.69, 9.17) is 12.2 Å². The maximum Gasteiger partial charge on any atom is 0.270 e. The van der Waals surface area contributed by atoms with E-state index in [9.17, 15) is 14.9 Å². The van der Waals surface area contributed by atoms with Crippen LogP contribution < -0.4 is 16.2 Å². The molecule has 0 unspecified atom stereocenters. The van der Waals surface area contributed by atoms with Gasteiger partial charge in [-0.3, -0.25) is 25.8 Å². The van der Waals surface area contributed by atoms with Crippen molar-refractivity contribution < 1.29 is 9.72 Å². The summed E-state index contributed by atoms with van der Waals surface area (Å²) >= 11 is 5.13. The van der Waals surface area contributed by atoms with Crippen molar-refractivity contribution in [1.82, 2.24) is 10.9 Å². The Labute approximate surface area is 156 Å². The van der Waals surface area contributed by atoms with Gasteiger partial charge in [0.05, 0.1) is 4.92 Å². The van der Waals surface area contributed by atoms with E-state index >= 15 is 0 Å².